The first-order chi connectivity index (χ1) is 19.1. The third-order valence-electron chi connectivity index (χ3n) is 5.41. The fourth-order valence-corrected chi connectivity index (χ4v) is 3.30. The van der Waals surface area contributed by atoms with Crippen LogP contribution in [0.4, 0.5) is 4.39 Å². The summed E-state index contributed by atoms with van der Waals surface area (Å²) >= 11 is 0. The van der Waals surface area contributed by atoms with Crippen molar-refractivity contribution in [2.75, 3.05) is 0 Å². The molecule has 0 aliphatic carbocycles. The second-order valence-electron chi connectivity index (χ2n) is 8.75. The molecule has 3 aromatic carbocycles. The summed E-state index contributed by atoms with van der Waals surface area (Å²) in [4.78, 5) is 47.4. The predicted molar refractivity (Wildman–Crippen MR) is 144 cm³/mol. The number of carbonyl (C=O) groups excluding carboxylic acids is 4. The third-order valence-corrected chi connectivity index (χ3v) is 5.41. The van der Waals surface area contributed by atoms with E-state index in [1.54, 1.807) is 50.2 Å². The SMILES string of the molecule is C=CC(=O)Oc1ccc(CCC(=O)Oc2ccc(-c3ccc(OC(=O)C(C)C)cc3)cc2F)cc1OC(=O)C=C. The van der Waals surface area contributed by atoms with Crippen molar-refractivity contribution in [2.45, 2.75) is 26.7 Å². The predicted octanol–water partition coefficient (Wildman–Crippen LogP) is 5.78. The Morgan fingerprint density at radius 1 is 0.750 bits per heavy atom. The molecule has 0 bridgehead atoms. The molecular formula is C31H27FO8. The average molecular weight is 547 g/mol. The van der Waals surface area contributed by atoms with E-state index in [0.29, 0.717) is 22.4 Å². The largest absolute Gasteiger partial charge is 0.426 e. The maximum absolute atomic E-state index is 14.7. The van der Waals surface area contributed by atoms with Gasteiger partial charge in [-0.25, -0.2) is 14.0 Å². The summed E-state index contributed by atoms with van der Waals surface area (Å²) in [6.07, 6.45) is 1.96. The average Bonchev–Trinajstić information content (AvgIpc) is 2.94. The van der Waals surface area contributed by atoms with Gasteiger partial charge in [0, 0.05) is 18.6 Å². The molecule has 3 rings (SSSR count). The number of benzene rings is 3. The monoisotopic (exact) mass is 546 g/mol. The van der Waals surface area contributed by atoms with Gasteiger partial charge in [-0.3, -0.25) is 9.59 Å². The number of hydrogen-bond donors (Lipinski definition) is 0. The molecule has 40 heavy (non-hydrogen) atoms. The van der Waals surface area contributed by atoms with Gasteiger partial charge in [0.2, 0.25) is 0 Å². The summed E-state index contributed by atoms with van der Waals surface area (Å²) in [5, 5.41) is 0. The number of rotatable bonds is 11. The van der Waals surface area contributed by atoms with E-state index in [9.17, 15) is 23.6 Å². The topological polar surface area (TPSA) is 105 Å². The molecular weight excluding hydrogens is 519 g/mol. The smallest absolute Gasteiger partial charge is 0.335 e. The molecule has 0 atom stereocenters. The van der Waals surface area contributed by atoms with E-state index in [2.05, 4.69) is 13.2 Å². The van der Waals surface area contributed by atoms with Crippen molar-refractivity contribution >= 4 is 23.9 Å². The van der Waals surface area contributed by atoms with Crippen LogP contribution in [0.5, 0.6) is 23.0 Å². The Kier molecular flexibility index (Phi) is 10.1. The normalized spacial score (nSPS) is 10.4. The Morgan fingerprint density at radius 2 is 1.35 bits per heavy atom. The van der Waals surface area contributed by atoms with Gasteiger partial charge in [0.25, 0.3) is 0 Å². The van der Waals surface area contributed by atoms with Gasteiger partial charge < -0.3 is 18.9 Å². The summed E-state index contributed by atoms with van der Waals surface area (Å²) < 4.78 is 35.4. The lowest BCUT2D eigenvalue weighted by molar-refractivity contribution is -0.138. The molecule has 0 aliphatic heterocycles. The van der Waals surface area contributed by atoms with Crippen molar-refractivity contribution in [3.05, 3.63) is 97.4 Å². The van der Waals surface area contributed by atoms with Gasteiger partial charge in [0.05, 0.1) is 5.92 Å². The van der Waals surface area contributed by atoms with Gasteiger partial charge in [-0.05, 0) is 59.5 Å². The minimum absolute atomic E-state index is 0.0141. The highest BCUT2D eigenvalue weighted by Gasteiger charge is 2.15. The molecule has 0 aliphatic rings. The Bertz CT molecular complexity index is 1440. The fourth-order valence-electron chi connectivity index (χ4n) is 3.30. The molecule has 0 radical (unpaired) electrons. The molecule has 0 heterocycles. The van der Waals surface area contributed by atoms with Crippen LogP contribution < -0.4 is 18.9 Å². The van der Waals surface area contributed by atoms with Gasteiger partial charge in [-0.2, -0.15) is 0 Å². The van der Waals surface area contributed by atoms with Crippen molar-refractivity contribution in [1.82, 2.24) is 0 Å². The molecule has 0 saturated carbocycles. The zero-order valence-electron chi connectivity index (χ0n) is 22.0. The summed E-state index contributed by atoms with van der Waals surface area (Å²) in [5.74, 6) is -3.45. The zero-order valence-corrected chi connectivity index (χ0v) is 22.0. The Balaban J connectivity index is 1.63. The maximum Gasteiger partial charge on any atom is 0.335 e. The minimum Gasteiger partial charge on any atom is -0.426 e. The third kappa shape index (κ3) is 8.22. The van der Waals surface area contributed by atoms with Crippen LogP contribution in [0.25, 0.3) is 11.1 Å². The van der Waals surface area contributed by atoms with Crippen LogP contribution >= 0.6 is 0 Å². The fraction of sp³-hybridized carbons (Fsp3) is 0.161. The molecule has 0 unspecified atom stereocenters. The number of esters is 4. The number of carbonyl (C=O) groups is 4. The van der Waals surface area contributed by atoms with E-state index < -0.39 is 23.7 Å². The summed E-state index contributed by atoms with van der Waals surface area (Å²) in [5.41, 5.74) is 1.79. The Hall–Kier alpha value is -5.05. The molecule has 0 spiro atoms. The molecule has 0 amide bonds. The van der Waals surface area contributed by atoms with Crippen LogP contribution in [0.2, 0.25) is 0 Å². The molecule has 206 valence electrons. The van der Waals surface area contributed by atoms with Crippen LogP contribution in [-0.2, 0) is 25.6 Å². The van der Waals surface area contributed by atoms with Crippen molar-refractivity contribution in [2.24, 2.45) is 5.92 Å². The molecule has 9 heteroatoms. The first-order valence-corrected chi connectivity index (χ1v) is 12.2. The second-order valence-corrected chi connectivity index (χ2v) is 8.75. The van der Waals surface area contributed by atoms with E-state index in [-0.39, 0.29) is 42.0 Å². The van der Waals surface area contributed by atoms with E-state index >= 15 is 0 Å². The van der Waals surface area contributed by atoms with Gasteiger partial charge in [-0.1, -0.05) is 51.3 Å². The maximum atomic E-state index is 14.7. The van der Waals surface area contributed by atoms with Crippen LogP contribution in [0.3, 0.4) is 0 Å². The Morgan fingerprint density at radius 3 is 1.95 bits per heavy atom. The van der Waals surface area contributed by atoms with Crippen LogP contribution in [0, 0.1) is 11.7 Å². The lowest BCUT2D eigenvalue weighted by Crippen LogP contribution is -2.14. The highest BCUT2D eigenvalue weighted by atomic mass is 19.1. The number of halogens is 1. The van der Waals surface area contributed by atoms with Gasteiger partial charge in [0.1, 0.15) is 5.75 Å². The summed E-state index contributed by atoms with van der Waals surface area (Å²) in [7, 11) is 0. The number of hydrogen-bond acceptors (Lipinski definition) is 8. The lowest BCUT2D eigenvalue weighted by atomic mass is 10.1. The van der Waals surface area contributed by atoms with Gasteiger partial charge >= 0.3 is 23.9 Å². The van der Waals surface area contributed by atoms with Crippen LogP contribution in [0.1, 0.15) is 25.8 Å². The first-order valence-electron chi connectivity index (χ1n) is 12.2. The van der Waals surface area contributed by atoms with Crippen LogP contribution in [-0.4, -0.2) is 23.9 Å². The Labute approximate surface area is 230 Å². The summed E-state index contributed by atoms with van der Waals surface area (Å²) in [6, 6.07) is 15.2. The zero-order chi connectivity index (χ0) is 29.2. The molecule has 8 nitrogen and oxygen atoms in total. The van der Waals surface area contributed by atoms with E-state index in [1.807, 2.05) is 0 Å². The minimum atomic E-state index is -0.767. The van der Waals surface area contributed by atoms with Crippen molar-refractivity contribution in [3.63, 3.8) is 0 Å². The van der Waals surface area contributed by atoms with Crippen molar-refractivity contribution in [3.8, 4) is 34.1 Å². The van der Waals surface area contributed by atoms with E-state index in [1.165, 1.54) is 24.3 Å². The van der Waals surface area contributed by atoms with Crippen LogP contribution in [0.15, 0.2) is 86.0 Å². The van der Waals surface area contributed by atoms with E-state index in [4.69, 9.17) is 18.9 Å². The summed E-state index contributed by atoms with van der Waals surface area (Å²) in [6.45, 7) is 10.1. The van der Waals surface area contributed by atoms with Crippen molar-refractivity contribution < 1.29 is 42.5 Å². The highest BCUT2D eigenvalue weighted by molar-refractivity contribution is 5.86. The quantitative estimate of drug-likeness (QED) is 0.169. The van der Waals surface area contributed by atoms with Crippen molar-refractivity contribution in [1.29, 1.82) is 0 Å². The lowest BCUT2D eigenvalue weighted by Gasteiger charge is -2.11. The van der Waals surface area contributed by atoms with Gasteiger partial charge in [-0.15, -0.1) is 0 Å². The number of ether oxygens (including phenoxy) is 4. The highest BCUT2D eigenvalue weighted by Crippen LogP contribution is 2.30. The first kappa shape index (κ1) is 29.5. The molecule has 0 aromatic heterocycles. The molecule has 0 fully saturated rings. The van der Waals surface area contributed by atoms with E-state index in [0.717, 1.165) is 12.2 Å². The second kappa shape index (κ2) is 13.7. The standard InChI is InChI=1S/C31H27FO8/c1-5-28(33)39-26-14-7-20(17-27(26)40-29(34)6-2)8-16-30(35)38-25-15-11-22(18-24(25)32)21-9-12-23(13-10-21)37-31(36)19(3)4/h5-7,9-15,17-19H,1-2,8,16H2,3-4H3. The molecule has 0 saturated heterocycles. The molecule has 3 aromatic rings. The van der Waals surface area contributed by atoms with Gasteiger partial charge in [0.15, 0.2) is 23.1 Å². The number of aryl methyl sites for hydroxylation is 1. The molecule has 0 N–H and O–H groups in total.